The Kier molecular flexibility index (Phi) is 22.3. The first-order chi connectivity index (χ1) is 25.0. The van der Waals surface area contributed by atoms with E-state index in [4.69, 9.17) is 15.2 Å². The SMILES string of the molecule is CCN(C(=O)CCC/C=C\C[C@@H]1[C@@H](/C=C/[C@H](CCc2ccccc2)OC(=O)CCCCCO[N+](=O)[O-])[C@H](O)C[C@@H]1O)C(=O)CCCCCO[NH+](O)O. The maximum Gasteiger partial charge on any atom is 0.306 e. The van der Waals surface area contributed by atoms with Crippen molar-refractivity contribution in [1.82, 2.24) is 4.90 Å². The molecule has 2 rings (SSSR count). The minimum atomic E-state index is -1.08. The minimum absolute atomic E-state index is 0.0177. The average molecular weight is 737 g/mol. The summed E-state index contributed by atoms with van der Waals surface area (Å²) in [5.41, 5.74) is 1.09. The molecular formula is C37H58N3O12+. The van der Waals surface area contributed by atoms with Crippen molar-refractivity contribution in [2.75, 3.05) is 19.8 Å². The number of benzene rings is 1. The molecule has 15 nitrogen and oxygen atoms in total. The van der Waals surface area contributed by atoms with Crippen LogP contribution in [-0.4, -0.2) is 86.5 Å². The molecule has 0 spiro atoms. The number of carbonyl (C=O) groups excluding carboxylic acids is 3. The van der Waals surface area contributed by atoms with Crippen molar-refractivity contribution in [2.24, 2.45) is 11.8 Å². The smallest absolute Gasteiger partial charge is 0.306 e. The molecule has 5 N–H and O–H groups in total. The molecule has 0 heterocycles. The summed E-state index contributed by atoms with van der Waals surface area (Å²) in [6.07, 6.45) is 12.6. The van der Waals surface area contributed by atoms with Crippen LogP contribution in [0.1, 0.15) is 102 Å². The van der Waals surface area contributed by atoms with Gasteiger partial charge in [-0.2, -0.15) is 0 Å². The summed E-state index contributed by atoms with van der Waals surface area (Å²) in [4.78, 5) is 58.3. The maximum absolute atomic E-state index is 12.7. The predicted octanol–water partition coefficient (Wildman–Crippen LogP) is 3.86. The lowest BCUT2D eigenvalue weighted by Gasteiger charge is -2.21. The van der Waals surface area contributed by atoms with E-state index in [1.165, 1.54) is 4.90 Å². The molecule has 0 radical (unpaired) electrons. The molecule has 0 bridgehead atoms. The topological polar surface area (TPSA) is 211 Å². The third-order valence-electron chi connectivity index (χ3n) is 9.05. The van der Waals surface area contributed by atoms with Gasteiger partial charge in [0.05, 0.1) is 24.2 Å². The number of hydrogen-bond acceptors (Lipinski definition) is 12. The molecule has 1 aliphatic rings. The standard InChI is InChI=1S/C37H58N3O12/c1-2-38(36(44)20-12-6-14-26-50-39(46)47)35(43)19-11-4-3-10-18-31-32(34(42)28-33(31)41)25-24-30(23-22-29-16-8-5-9-17-29)52-37(45)21-13-7-15-27-51-40(48)49/h3,5,8-10,16-17,24-25,30-34,39,41-42,46-47H,2,4,6-7,11-15,18-23,26-28H2,1H3/q+1/b10-3-,25-24+/t30-,31+,32+,33-,34+/m0/s1. The Morgan fingerprint density at radius 1 is 0.942 bits per heavy atom. The molecule has 292 valence electrons. The van der Waals surface area contributed by atoms with Crippen molar-refractivity contribution < 1.29 is 59.9 Å². The van der Waals surface area contributed by atoms with Crippen molar-refractivity contribution in [2.45, 2.75) is 122 Å². The zero-order valence-corrected chi connectivity index (χ0v) is 30.3. The van der Waals surface area contributed by atoms with E-state index in [9.17, 15) is 34.7 Å². The monoisotopic (exact) mass is 736 g/mol. The van der Waals surface area contributed by atoms with Gasteiger partial charge < -0.3 is 19.8 Å². The molecule has 52 heavy (non-hydrogen) atoms. The number of allylic oxidation sites excluding steroid dienone is 2. The number of unbranched alkanes of at least 4 members (excludes halogenated alkanes) is 5. The Balaban J connectivity index is 1.86. The van der Waals surface area contributed by atoms with Gasteiger partial charge in [-0.1, -0.05) is 61.4 Å². The molecule has 5 atom stereocenters. The van der Waals surface area contributed by atoms with Crippen LogP contribution in [-0.2, 0) is 35.2 Å². The van der Waals surface area contributed by atoms with Crippen LogP contribution in [0.25, 0.3) is 0 Å². The number of hydrogen-bond donors (Lipinski definition) is 5. The molecule has 1 saturated carbocycles. The van der Waals surface area contributed by atoms with Gasteiger partial charge in [0, 0.05) is 38.1 Å². The number of rotatable bonds is 27. The summed E-state index contributed by atoms with van der Waals surface area (Å²) in [6, 6.07) is 9.82. The fraction of sp³-hybridized carbons (Fsp3) is 0.649. The summed E-state index contributed by atoms with van der Waals surface area (Å²) in [6.45, 7) is 2.17. The summed E-state index contributed by atoms with van der Waals surface area (Å²) in [5, 5.41) is 47.1. The summed E-state index contributed by atoms with van der Waals surface area (Å²) >= 11 is 0. The van der Waals surface area contributed by atoms with E-state index in [0.717, 1.165) is 5.56 Å². The molecule has 1 aromatic rings. The number of carbonyl (C=O) groups is 3. The van der Waals surface area contributed by atoms with Crippen LogP contribution in [0.2, 0.25) is 0 Å². The lowest BCUT2D eigenvalue weighted by molar-refractivity contribution is -1.37. The van der Waals surface area contributed by atoms with E-state index in [1.54, 1.807) is 13.0 Å². The van der Waals surface area contributed by atoms with Gasteiger partial charge in [0.25, 0.3) is 5.09 Å². The van der Waals surface area contributed by atoms with Gasteiger partial charge >= 0.3 is 5.97 Å². The minimum Gasteiger partial charge on any atom is -0.458 e. The van der Waals surface area contributed by atoms with Gasteiger partial charge in [-0.15, -0.1) is 25.4 Å². The van der Waals surface area contributed by atoms with Gasteiger partial charge in [0.2, 0.25) is 11.8 Å². The molecule has 0 aliphatic heterocycles. The largest absolute Gasteiger partial charge is 0.458 e. The van der Waals surface area contributed by atoms with Crippen LogP contribution in [0, 0.1) is 22.0 Å². The summed E-state index contributed by atoms with van der Waals surface area (Å²) in [7, 11) is 0. The van der Waals surface area contributed by atoms with Crippen LogP contribution >= 0.6 is 0 Å². The number of imide groups is 1. The number of aliphatic hydroxyl groups is 2. The molecular weight excluding hydrogens is 678 g/mol. The van der Waals surface area contributed by atoms with Crippen LogP contribution in [0.4, 0.5) is 0 Å². The van der Waals surface area contributed by atoms with Gasteiger partial charge in [0.15, 0.2) is 0 Å². The molecule has 1 aromatic carbocycles. The summed E-state index contributed by atoms with van der Waals surface area (Å²) < 4.78 is 5.80. The Labute approximate surface area is 305 Å². The first kappa shape index (κ1) is 44.4. The fourth-order valence-corrected chi connectivity index (χ4v) is 6.24. The normalized spacial score (nSPS) is 19.3. The number of esters is 1. The Morgan fingerprint density at radius 2 is 1.62 bits per heavy atom. The number of quaternary nitrogens is 1. The zero-order chi connectivity index (χ0) is 38.1. The quantitative estimate of drug-likeness (QED) is 0.0287. The van der Waals surface area contributed by atoms with Gasteiger partial charge in [-0.3, -0.25) is 19.3 Å². The van der Waals surface area contributed by atoms with Crippen molar-refractivity contribution in [3.63, 3.8) is 0 Å². The van der Waals surface area contributed by atoms with Crippen molar-refractivity contribution in [1.29, 1.82) is 0 Å². The van der Waals surface area contributed by atoms with Crippen molar-refractivity contribution in [3.8, 4) is 0 Å². The van der Waals surface area contributed by atoms with E-state index in [-0.39, 0.29) is 75.1 Å². The van der Waals surface area contributed by atoms with E-state index >= 15 is 0 Å². The molecule has 2 amide bonds. The van der Waals surface area contributed by atoms with E-state index in [2.05, 4.69) is 9.68 Å². The van der Waals surface area contributed by atoms with Gasteiger partial charge in [-0.25, -0.2) is 0 Å². The molecule has 1 aliphatic carbocycles. The van der Waals surface area contributed by atoms with E-state index < -0.39 is 28.8 Å². The van der Waals surface area contributed by atoms with Gasteiger partial charge in [0.1, 0.15) is 12.7 Å². The fourth-order valence-electron chi connectivity index (χ4n) is 6.24. The molecule has 0 unspecified atom stereocenters. The number of aliphatic hydroxyl groups excluding tert-OH is 2. The number of nitrogens with zero attached hydrogens (tertiary/aromatic N) is 2. The first-order valence-corrected chi connectivity index (χ1v) is 18.4. The average Bonchev–Trinajstić information content (AvgIpc) is 3.38. The lowest BCUT2D eigenvalue weighted by Crippen LogP contribution is -3.06. The number of ether oxygens (including phenoxy) is 1. The number of amides is 2. The lowest BCUT2D eigenvalue weighted by atomic mass is 9.89. The second-order valence-electron chi connectivity index (χ2n) is 13.0. The second-order valence-corrected chi connectivity index (χ2v) is 13.0. The first-order valence-electron chi connectivity index (χ1n) is 18.4. The highest BCUT2D eigenvalue weighted by Gasteiger charge is 2.39. The zero-order valence-electron chi connectivity index (χ0n) is 30.3. The van der Waals surface area contributed by atoms with Crippen LogP contribution < -0.4 is 5.39 Å². The number of aryl methyl sites for hydroxylation is 1. The second kappa shape index (κ2) is 26.1. The molecule has 15 heteroatoms. The van der Waals surface area contributed by atoms with Crippen LogP contribution in [0.15, 0.2) is 54.6 Å². The maximum atomic E-state index is 12.7. The predicted molar refractivity (Wildman–Crippen MR) is 188 cm³/mol. The van der Waals surface area contributed by atoms with E-state index in [0.29, 0.717) is 70.6 Å². The number of nitrogens with one attached hydrogen (secondary N) is 1. The summed E-state index contributed by atoms with van der Waals surface area (Å²) in [5.74, 6) is -1.44. The molecule has 0 aromatic heterocycles. The highest BCUT2D eigenvalue weighted by molar-refractivity contribution is 5.95. The highest BCUT2D eigenvalue weighted by atomic mass is 17.1. The van der Waals surface area contributed by atoms with E-state index in [1.807, 2.05) is 48.6 Å². The molecule has 1 fully saturated rings. The van der Waals surface area contributed by atoms with Crippen molar-refractivity contribution in [3.05, 3.63) is 70.3 Å². The van der Waals surface area contributed by atoms with Crippen molar-refractivity contribution >= 4 is 17.8 Å². The highest BCUT2D eigenvalue weighted by Crippen LogP contribution is 2.36. The Morgan fingerprint density at radius 3 is 2.29 bits per heavy atom. The van der Waals surface area contributed by atoms with Crippen LogP contribution in [0.5, 0.6) is 0 Å². The van der Waals surface area contributed by atoms with Gasteiger partial charge in [-0.05, 0) is 82.3 Å². The third-order valence-corrected chi connectivity index (χ3v) is 9.05. The Bertz CT molecular complexity index is 1250. The molecule has 0 saturated heterocycles. The Hall–Kier alpha value is -3.73. The van der Waals surface area contributed by atoms with Crippen LogP contribution in [0.3, 0.4) is 0 Å². The third kappa shape index (κ3) is 18.7.